The summed E-state index contributed by atoms with van der Waals surface area (Å²) < 4.78 is 2.20. The third-order valence-corrected chi connectivity index (χ3v) is 4.79. The highest BCUT2D eigenvalue weighted by Gasteiger charge is 2.21. The summed E-state index contributed by atoms with van der Waals surface area (Å²) in [5, 5.41) is 11.9. The first-order valence-electron chi connectivity index (χ1n) is 8.03. The van der Waals surface area contributed by atoms with E-state index in [0.717, 1.165) is 48.8 Å². The van der Waals surface area contributed by atoms with Crippen LogP contribution in [0.25, 0.3) is 11.4 Å². The number of benzene rings is 1. The molecule has 1 aromatic carbocycles. The Hall–Kier alpha value is -1.82. The van der Waals surface area contributed by atoms with Crippen molar-refractivity contribution in [1.82, 2.24) is 20.1 Å². The van der Waals surface area contributed by atoms with Gasteiger partial charge in [0.25, 0.3) is 0 Å². The molecule has 6 heteroatoms. The number of nitrogens with one attached hydrogen (secondary N) is 1. The lowest BCUT2D eigenvalue weighted by Crippen LogP contribution is -2.35. The third kappa shape index (κ3) is 3.93. The normalized spacial score (nSPS) is 17.3. The zero-order valence-corrected chi connectivity index (χ0v) is 14.2. The zero-order chi connectivity index (χ0) is 16.1. The van der Waals surface area contributed by atoms with Crippen molar-refractivity contribution in [3.05, 3.63) is 36.2 Å². The minimum Gasteiger partial charge on any atom is -0.353 e. The Morgan fingerprint density at radius 1 is 1.30 bits per heavy atom. The van der Waals surface area contributed by atoms with Crippen molar-refractivity contribution in [3.8, 4) is 11.4 Å². The second-order valence-corrected chi connectivity index (χ2v) is 6.78. The van der Waals surface area contributed by atoms with Gasteiger partial charge in [0, 0.05) is 36.7 Å². The molecule has 1 amide bonds. The maximum Gasteiger partial charge on any atom is 0.221 e. The van der Waals surface area contributed by atoms with Crippen LogP contribution in [0.4, 0.5) is 0 Å². The second kappa shape index (κ2) is 7.64. The number of amides is 1. The summed E-state index contributed by atoms with van der Waals surface area (Å²) in [4.78, 5) is 11.9. The van der Waals surface area contributed by atoms with Gasteiger partial charge in [0.1, 0.15) is 5.82 Å². The summed E-state index contributed by atoms with van der Waals surface area (Å²) in [5.41, 5.74) is 1.09. The van der Waals surface area contributed by atoms with Crippen LogP contribution in [-0.4, -0.2) is 38.7 Å². The fourth-order valence-corrected chi connectivity index (χ4v) is 3.32. The van der Waals surface area contributed by atoms with E-state index in [1.807, 2.05) is 24.5 Å². The van der Waals surface area contributed by atoms with Gasteiger partial charge in [-0.1, -0.05) is 30.3 Å². The second-order valence-electron chi connectivity index (χ2n) is 5.79. The van der Waals surface area contributed by atoms with Gasteiger partial charge in [-0.15, -0.1) is 10.2 Å². The lowest BCUT2D eigenvalue weighted by atomic mass is 10.1. The molecule has 1 N–H and O–H groups in total. The van der Waals surface area contributed by atoms with Crippen LogP contribution in [-0.2, 0) is 17.8 Å². The van der Waals surface area contributed by atoms with Gasteiger partial charge in [-0.25, -0.2) is 0 Å². The monoisotopic (exact) mass is 330 g/mol. The Balaban J connectivity index is 1.67. The van der Waals surface area contributed by atoms with Crippen molar-refractivity contribution in [2.75, 3.05) is 12.0 Å². The summed E-state index contributed by atoms with van der Waals surface area (Å²) in [6.07, 6.45) is 5.33. The lowest BCUT2D eigenvalue weighted by Gasteiger charge is -2.16. The first kappa shape index (κ1) is 16.1. The van der Waals surface area contributed by atoms with Crippen LogP contribution in [0.5, 0.6) is 0 Å². The number of hydrogen-bond donors (Lipinski definition) is 1. The predicted octanol–water partition coefficient (Wildman–Crippen LogP) is 2.52. The number of fused-ring (bicyclic) bond motifs is 1. The maximum atomic E-state index is 11.9. The van der Waals surface area contributed by atoms with Crippen LogP contribution in [0.2, 0.25) is 0 Å². The topological polar surface area (TPSA) is 59.8 Å². The molecule has 0 aliphatic carbocycles. The molecule has 0 fully saturated rings. The Bertz CT molecular complexity index is 656. The van der Waals surface area contributed by atoms with Crippen LogP contribution in [0, 0.1) is 0 Å². The summed E-state index contributed by atoms with van der Waals surface area (Å²) >= 11 is 1.70. The molecule has 2 aromatic rings. The van der Waals surface area contributed by atoms with E-state index in [0.29, 0.717) is 6.42 Å². The van der Waals surface area contributed by atoms with E-state index in [4.69, 9.17) is 0 Å². The van der Waals surface area contributed by atoms with Gasteiger partial charge in [0.05, 0.1) is 0 Å². The van der Waals surface area contributed by atoms with Gasteiger partial charge in [0.2, 0.25) is 5.91 Å². The SMILES string of the molecule is CSCCC(=O)NC1CCc2nnc(-c3ccccc3)n2CC1. The fourth-order valence-electron chi connectivity index (χ4n) is 2.93. The van der Waals surface area contributed by atoms with Crippen LogP contribution in [0.1, 0.15) is 25.1 Å². The van der Waals surface area contributed by atoms with E-state index in [-0.39, 0.29) is 11.9 Å². The zero-order valence-electron chi connectivity index (χ0n) is 13.4. The number of rotatable bonds is 5. The van der Waals surface area contributed by atoms with E-state index in [9.17, 15) is 4.79 Å². The van der Waals surface area contributed by atoms with Gasteiger partial charge in [0.15, 0.2) is 5.82 Å². The van der Waals surface area contributed by atoms with Crippen LogP contribution >= 0.6 is 11.8 Å². The fraction of sp³-hybridized carbons (Fsp3) is 0.471. The Labute approximate surface area is 140 Å². The van der Waals surface area contributed by atoms with Gasteiger partial charge < -0.3 is 9.88 Å². The molecule has 1 aliphatic heterocycles. The van der Waals surface area contributed by atoms with Gasteiger partial charge in [-0.05, 0) is 19.1 Å². The summed E-state index contributed by atoms with van der Waals surface area (Å²) in [5.74, 6) is 2.98. The van der Waals surface area contributed by atoms with Crippen LogP contribution in [0.3, 0.4) is 0 Å². The molecule has 1 atom stereocenters. The number of thioether (sulfide) groups is 1. The van der Waals surface area contributed by atoms with E-state index >= 15 is 0 Å². The molecule has 0 saturated carbocycles. The number of nitrogens with zero attached hydrogens (tertiary/aromatic N) is 3. The van der Waals surface area contributed by atoms with E-state index in [2.05, 4.69) is 32.2 Å². The molecule has 1 aliphatic rings. The summed E-state index contributed by atoms with van der Waals surface area (Å²) in [6.45, 7) is 0.847. The molecule has 23 heavy (non-hydrogen) atoms. The molecule has 3 rings (SSSR count). The standard InChI is InChI=1S/C17H22N4OS/c1-23-12-10-16(22)18-14-7-8-15-19-20-17(21(15)11-9-14)13-5-3-2-4-6-13/h2-6,14H,7-12H2,1H3,(H,18,22). The van der Waals surface area contributed by atoms with Crippen LogP contribution in [0.15, 0.2) is 30.3 Å². The van der Waals surface area contributed by atoms with E-state index in [1.54, 1.807) is 11.8 Å². The number of carbonyl (C=O) groups is 1. The molecular formula is C17H22N4OS. The molecule has 122 valence electrons. The average molecular weight is 330 g/mol. The van der Waals surface area contributed by atoms with Gasteiger partial charge in [-0.2, -0.15) is 11.8 Å². The van der Waals surface area contributed by atoms with Crippen LogP contribution < -0.4 is 5.32 Å². The minimum atomic E-state index is 0.158. The lowest BCUT2D eigenvalue weighted by molar-refractivity contribution is -0.121. The first-order valence-corrected chi connectivity index (χ1v) is 9.43. The molecular weight excluding hydrogens is 308 g/mol. The van der Waals surface area contributed by atoms with Crippen molar-refractivity contribution in [1.29, 1.82) is 0 Å². The highest BCUT2D eigenvalue weighted by atomic mass is 32.2. The Morgan fingerprint density at radius 3 is 2.91 bits per heavy atom. The number of hydrogen-bond acceptors (Lipinski definition) is 4. The molecule has 1 aromatic heterocycles. The van der Waals surface area contributed by atoms with Crippen molar-refractivity contribution in [2.24, 2.45) is 0 Å². The summed E-state index contributed by atoms with van der Waals surface area (Å²) in [7, 11) is 0. The van der Waals surface area contributed by atoms with Crippen molar-refractivity contribution in [2.45, 2.75) is 38.3 Å². The van der Waals surface area contributed by atoms with Gasteiger partial charge in [-0.3, -0.25) is 4.79 Å². The Kier molecular flexibility index (Phi) is 5.33. The average Bonchev–Trinajstić information content (AvgIpc) is 2.89. The minimum absolute atomic E-state index is 0.158. The van der Waals surface area contributed by atoms with E-state index < -0.39 is 0 Å². The quantitative estimate of drug-likeness (QED) is 0.915. The molecule has 5 nitrogen and oxygen atoms in total. The van der Waals surface area contributed by atoms with E-state index in [1.165, 1.54) is 0 Å². The number of aromatic nitrogens is 3. The predicted molar refractivity (Wildman–Crippen MR) is 93.3 cm³/mol. The third-order valence-electron chi connectivity index (χ3n) is 4.18. The maximum absolute atomic E-state index is 11.9. The molecule has 0 spiro atoms. The molecule has 0 saturated heterocycles. The molecule has 0 bridgehead atoms. The van der Waals surface area contributed by atoms with Crippen molar-refractivity contribution < 1.29 is 4.79 Å². The summed E-state index contributed by atoms with van der Waals surface area (Å²) in [6, 6.07) is 10.4. The largest absolute Gasteiger partial charge is 0.353 e. The van der Waals surface area contributed by atoms with Crippen molar-refractivity contribution in [3.63, 3.8) is 0 Å². The molecule has 1 unspecified atom stereocenters. The van der Waals surface area contributed by atoms with Gasteiger partial charge >= 0.3 is 0 Å². The smallest absolute Gasteiger partial charge is 0.221 e. The molecule has 0 radical (unpaired) electrons. The number of carbonyl (C=O) groups excluding carboxylic acids is 1. The molecule has 2 heterocycles. The Morgan fingerprint density at radius 2 is 2.13 bits per heavy atom. The first-order chi connectivity index (χ1) is 11.3. The number of aryl methyl sites for hydroxylation is 1. The highest BCUT2D eigenvalue weighted by Crippen LogP contribution is 2.22. The van der Waals surface area contributed by atoms with Crippen molar-refractivity contribution >= 4 is 17.7 Å². The highest BCUT2D eigenvalue weighted by molar-refractivity contribution is 7.98.